The molecule has 4 rings (SSSR count). The molecule has 1 saturated heterocycles. The van der Waals surface area contributed by atoms with Gasteiger partial charge in [-0.1, -0.05) is 232 Å². The summed E-state index contributed by atoms with van der Waals surface area (Å²) < 4.78 is 38.7. The first-order valence-corrected chi connectivity index (χ1v) is 30.3. The van der Waals surface area contributed by atoms with E-state index >= 15 is 0 Å². The number of carbonyl (C=O) groups excluding carboxylic acids is 2. The minimum atomic E-state index is -0.578. The van der Waals surface area contributed by atoms with Gasteiger partial charge >= 0.3 is 11.9 Å². The number of hydrogen-bond acceptors (Lipinski definition) is 8. The minimum absolute atomic E-state index is 0.0368. The number of hydrogen-bond donors (Lipinski definition) is 0. The molecule has 0 aromatic heterocycles. The second-order valence-corrected chi connectivity index (χ2v) is 21.2. The van der Waals surface area contributed by atoms with E-state index in [0.29, 0.717) is 58.5 Å². The van der Waals surface area contributed by atoms with Crippen LogP contribution in [-0.4, -0.2) is 55.7 Å². The molecule has 3 aromatic carbocycles. The predicted molar refractivity (Wildman–Crippen MR) is 308 cm³/mol. The molecule has 1 fully saturated rings. The third-order valence-electron chi connectivity index (χ3n) is 14.4. The van der Waals surface area contributed by atoms with E-state index in [0.717, 1.165) is 68.1 Å². The highest BCUT2D eigenvalue weighted by atomic mass is 16.6. The maximum Gasteiger partial charge on any atom is 0.306 e. The molecule has 0 saturated carbocycles. The number of unbranched alkanes of at least 4 members (excludes halogenated alkanes) is 22. The van der Waals surface area contributed by atoms with Crippen LogP contribution < -0.4 is 0 Å². The fourth-order valence-electron chi connectivity index (χ4n) is 9.85. The van der Waals surface area contributed by atoms with Crippen molar-refractivity contribution in [3.63, 3.8) is 0 Å². The monoisotopic (exact) mass is 1030 g/mol. The van der Waals surface area contributed by atoms with E-state index in [9.17, 15) is 9.59 Å². The van der Waals surface area contributed by atoms with Crippen LogP contribution in [0, 0.1) is 0 Å². The summed E-state index contributed by atoms with van der Waals surface area (Å²) in [5.74, 6) is -0.468. The van der Waals surface area contributed by atoms with Gasteiger partial charge in [-0.3, -0.25) is 9.59 Å². The SMILES string of the molecule is CCCCCCCC/C=C\CCCCCCCC(=O)OC[C@H](CC[C@H]1C[C@@H](OCc2ccccc2)[C@H](OCc2ccccc2)[C@@H](COCc2ccccc2)O1)OC(=O)CCCCCCC/C=C\CCCCCCCC. The Morgan fingerprint density at radius 1 is 0.520 bits per heavy atom. The van der Waals surface area contributed by atoms with Gasteiger partial charge in [0.25, 0.3) is 0 Å². The van der Waals surface area contributed by atoms with Gasteiger partial charge < -0.3 is 28.4 Å². The van der Waals surface area contributed by atoms with Crippen molar-refractivity contribution in [3.8, 4) is 0 Å². The summed E-state index contributed by atoms with van der Waals surface area (Å²) in [6.45, 7) is 6.19. The quantitative estimate of drug-likeness (QED) is 0.0314. The van der Waals surface area contributed by atoms with Gasteiger partial charge in [0.1, 0.15) is 24.9 Å². The van der Waals surface area contributed by atoms with Crippen LogP contribution >= 0.6 is 0 Å². The number of ether oxygens (including phenoxy) is 6. The van der Waals surface area contributed by atoms with Gasteiger partial charge in [0.2, 0.25) is 0 Å². The molecular weight excluding hydrogens is 933 g/mol. The molecule has 1 heterocycles. The maximum atomic E-state index is 13.4. The number of benzene rings is 3. The molecule has 0 amide bonds. The van der Waals surface area contributed by atoms with Crippen molar-refractivity contribution in [1.29, 1.82) is 0 Å². The topological polar surface area (TPSA) is 89.5 Å². The van der Waals surface area contributed by atoms with Crippen molar-refractivity contribution >= 4 is 11.9 Å². The Balaban J connectivity index is 1.30. The lowest BCUT2D eigenvalue weighted by Gasteiger charge is -2.42. The zero-order chi connectivity index (χ0) is 52.9. The van der Waals surface area contributed by atoms with Gasteiger partial charge in [0.15, 0.2) is 0 Å². The summed E-state index contributed by atoms with van der Waals surface area (Å²) in [5, 5.41) is 0. The Labute approximate surface area is 456 Å². The third-order valence-corrected chi connectivity index (χ3v) is 14.4. The van der Waals surface area contributed by atoms with E-state index in [4.69, 9.17) is 28.4 Å². The lowest BCUT2D eigenvalue weighted by Crippen LogP contribution is -2.52. The van der Waals surface area contributed by atoms with Crippen LogP contribution in [0.2, 0.25) is 0 Å². The molecule has 1 aliphatic heterocycles. The number of carbonyl (C=O) groups is 2. The van der Waals surface area contributed by atoms with E-state index in [1.54, 1.807) is 0 Å². The lowest BCUT2D eigenvalue weighted by atomic mass is 9.94. The van der Waals surface area contributed by atoms with Crippen molar-refractivity contribution in [2.45, 2.75) is 263 Å². The molecule has 75 heavy (non-hydrogen) atoms. The number of rotatable bonds is 46. The van der Waals surface area contributed by atoms with Crippen LogP contribution in [0.15, 0.2) is 115 Å². The summed E-state index contributed by atoms with van der Waals surface area (Å²) in [7, 11) is 0. The Bertz CT molecular complexity index is 1850. The summed E-state index contributed by atoms with van der Waals surface area (Å²) >= 11 is 0. The zero-order valence-electron chi connectivity index (χ0n) is 47.1. The average Bonchev–Trinajstić information content (AvgIpc) is 3.43. The lowest BCUT2D eigenvalue weighted by molar-refractivity contribution is -0.222. The Hall–Kier alpha value is -4.08. The van der Waals surface area contributed by atoms with Crippen LogP contribution in [-0.2, 0) is 57.8 Å². The second kappa shape index (κ2) is 44.0. The maximum absolute atomic E-state index is 13.4. The molecule has 0 aliphatic carbocycles. The summed E-state index contributed by atoms with van der Waals surface area (Å²) in [4.78, 5) is 26.6. The zero-order valence-corrected chi connectivity index (χ0v) is 47.1. The standard InChI is InChI=1S/C67H102O8/c1-3-5-7-9-11-13-15-17-19-21-23-25-27-29-40-48-65(68)72-56-62(75-66(69)49-41-30-28-26-24-22-20-18-16-14-12-10-8-6-4-2)51-50-61-52-63(71-54-59-44-36-32-37-45-59)67(73-55-60-46-38-33-39-47-60)64(74-61)57-70-53-58-42-34-31-35-43-58/h17-20,31-39,42-47,61-64,67H,3-16,21-30,40-41,48-57H2,1-2H3/b19-17-,20-18-/t61-,62-,63+,64+,67-/m0/s1. The molecule has 0 N–H and O–H groups in total. The Morgan fingerprint density at radius 2 is 0.947 bits per heavy atom. The molecule has 8 heteroatoms. The summed E-state index contributed by atoms with van der Waals surface area (Å²) in [6, 6.07) is 30.6. The van der Waals surface area contributed by atoms with E-state index < -0.39 is 18.3 Å². The van der Waals surface area contributed by atoms with Gasteiger partial charge in [-0.15, -0.1) is 0 Å². The van der Waals surface area contributed by atoms with Crippen LogP contribution in [0.3, 0.4) is 0 Å². The Kier molecular flexibility index (Phi) is 37.2. The Morgan fingerprint density at radius 3 is 1.44 bits per heavy atom. The molecule has 1 aliphatic rings. The molecular formula is C67H102O8. The van der Waals surface area contributed by atoms with Gasteiger partial charge in [0.05, 0.1) is 38.6 Å². The van der Waals surface area contributed by atoms with Crippen LogP contribution in [0.4, 0.5) is 0 Å². The molecule has 418 valence electrons. The van der Waals surface area contributed by atoms with Crippen LogP contribution in [0.1, 0.15) is 230 Å². The first-order chi connectivity index (χ1) is 37.0. The van der Waals surface area contributed by atoms with Crippen molar-refractivity contribution in [2.24, 2.45) is 0 Å². The van der Waals surface area contributed by atoms with E-state index in [2.05, 4.69) is 74.5 Å². The number of esters is 2. The van der Waals surface area contributed by atoms with Crippen molar-refractivity contribution in [1.82, 2.24) is 0 Å². The first-order valence-electron chi connectivity index (χ1n) is 30.3. The largest absolute Gasteiger partial charge is 0.462 e. The molecule has 0 radical (unpaired) electrons. The van der Waals surface area contributed by atoms with Gasteiger partial charge in [-0.25, -0.2) is 0 Å². The average molecular weight is 1040 g/mol. The number of allylic oxidation sites excluding steroid dienone is 4. The van der Waals surface area contributed by atoms with Crippen LogP contribution in [0.5, 0.6) is 0 Å². The highest BCUT2D eigenvalue weighted by Gasteiger charge is 2.41. The molecule has 0 unspecified atom stereocenters. The predicted octanol–water partition coefficient (Wildman–Crippen LogP) is 17.8. The van der Waals surface area contributed by atoms with Gasteiger partial charge in [-0.05, 0) is 93.7 Å². The third kappa shape index (κ3) is 32.3. The van der Waals surface area contributed by atoms with Crippen molar-refractivity contribution in [3.05, 3.63) is 132 Å². The van der Waals surface area contributed by atoms with E-state index in [1.165, 1.54) is 116 Å². The molecule has 0 spiro atoms. The second-order valence-electron chi connectivity index (χ2n) is 21.2. The van der Waals surface area contributed by atoms with Crippen molar-refractivity contribution in [2.75, 3.05) is 13.2 Å². The normalized spacial score (nSPS) is 17.2. The highest BCUT2D eigenvalue weighted by molar-refractivity contribution is 5.70. The fraction of sp³-hybridized carbons (Fsp3) is 0.642. The summed E-state index contributed by atoms with van der Waals surface area (Å²) in [5.41, 5.74) is 3.24. The van der Waals surface area contributed by atoms with Crippen LogP contribution in [0.25, 0.3) is 0 Å². The van der Waals surface area contributed by atoms with Gasteiger partial charge in [0, 0.05) is 19.3 Å². The first kappa shape index (κ1) is 63.5. The van der Waals surface area contributed by atoms with Gasteiger partial charge in [-0.2, -0.15) is 0 Å². The van der Waals surface area contributed by atoms with E-state index in [1.807, 2.05) is 54.6 Å². The van der Waals surface area contributed by atoms with Crippen molar-refractivity contribution < 1.29 is 38.0 Å². The highest BCUT2D eigenvalue weighted by Crippen LogP contribution is 2.31. The molecule has 0 bridgehead atoms. The minimum Gasteiger partial charge on any atom is -0.462 e. The molecule has 3 aromatic rings. The fourth-order valence-corrected chi connectivity index (χ4v) is 9.85. The van der Waals surface area contributed by atoms with E-state index in [-0.39, 0.29) is 30.8 Å². The molecule has 8 nitrogen and oxygen atoms in total. The molecule has 5 atom stereocenters. The smallest absolute Gasteiger partial charge is 0.306 e. The summed E-state index contributed by atoms with van der Waals surface area (Å²) in [6.07, 6.45) is 41.2.